The van der Waals surface area contributed by atoms with Crippen molar-refractivity contribution in [2.24, 2.45) is 23.5 Å². The lowest BCUT2D eigenvalue weighted by Gasteiger charge is -2.24. The van der Waals surface area contributed by atoms with Crippen molar-refractivity contribution in [3.05, 3.63) is 35.4 Å². The van der Waals surface area contributed by atoms with Gasteiger partial charge in [-0.25, -0.2) is 0 Å². The van der Waals surface area contributed by atoms with Gasteiger partial charge in [0.15, 0.2) is 0 Å². The van der Waals surface area contributed by atoms with Crippen molar-refractivity contribution in [1.82, 2.24) is 4.90 Å². The van der Waals surface area contributed by atoms with Crippen molar-refractivity contribution in [1.29, 1.82) is 0 Å². The second-order valence-electron chi connectivity index (χ2n) is 6.91. The maximum atomic E-state index is 12.4. The zero-order chi connectivity index (χ0) is 14.8. The summed E-state index contributed by atoms with van der Waals surface area (Å²) in [4.78, 5) is 14.3. The van der Waals surface area contributed by atoms with E-state index in [1.165, 1.54) is 31.2 Å². The molecule has 2 N–H and O–H groups in total. The molecule has 21 heavy (non-hydrogen) atoms. The summed E-state index contributed by atoms with van der Waals surface area (Å²) in [5.41, 5.74) is 7.97. The third-order valence-electron chi connectivity index (χ3n) is 5.39. The van der Waals surface area contributed by atoms with Gasteiger partial charge in [0.25, 0.3) is 0 Å². The topological polar surface area (TPSA) is 46.3 Å². The molecule has 2 aliphatic rings. The molecule has 2 fully saturated rings. The molecule has 1 aromatic rings. The van der Waals surface area contributed by atoms with E-state index in [0.29, 0.717) is 24.9 Å². The first-order valence-corrected chi connectivity index (χ1v) is 8.17. The summed E-state index contributed by atoms with van der Waals surface area (Å²) >= 11 is 0. The van der Waals surface area contributed by atoms with Crippen LogP contribution in [-0.2, 0) is 17.9 Å². The summed E-state index contributed by atoms with van der Waals surface area (Å²) in [6.07, 6.45) is 6.16. The smallest absolute Gasteiger partial charge is 0.222 e. The molecule has 2 aliphatic carbocycles. The molecule has 3 unspecified atom stereocenters. The Kier molecular flexibility index (Phi) is 4.29. The van der Waals surface area contributed by atoms with Gasteiger partial charge in [0.2, 0.25) is 5.91 Å². The second kappa shape index (κ2) is 6.18. The van der Waals surface area contributed by atoms with E-state index in [0.717, 1.165) is 23.8 Å². The van der Waals surface area contributed by atoms with Crippen LogP contribution in [0.5, 0.6) is 0 Å². The molecule has 0 spiro atoms. The third kappa shape index (κ3) is 3.29. The largest absolute Gasteiger partial charge is 0.341 e. The van der Waals surface area contributed by atoms with Gasteiger partial charge in [-0.1, -0.05) is 30.7 Å². The van der Waals surface area contributed by atoms with Gasteiger partial charge < -0.3 is 10.6 Å². The number of amides is 1. The van der Waals surface area contributed by atoms with Crippen LogP contribution in [0.25, 0.3) is 0 Å². The molecular formula is C18H26N2O. The minimum absolute atomic E-state index is 0.297. The molecule has 3 rings (SSSR count). The van der Waals surface area contributed by atoms with Crippen LogP contribution in [0.1, 0.15) is 43.2 Å². The molecule has 0 aromatic heterocycles. The molecule has 2 saturated carbocycles. The van der Waals surface area contributed by atoms with Crippen molar-refractivity contribution < 1.29 is 4.79 Å². The van der Waals surface area contributed by atoms with Gasteiger partial charge in [0, 0.05) is 26.6 Å². The molecule has 114 valence electrons. The molecule has 3 nitrogen and oxygen atoms in total. The molecule has 3 atom stereocenters. The zero-order valence-electron chi connectivity index (χ0n) is 12.9. The Bertz CT molecular complexity index is 514. The fourth-order valence-electron chi connectivity index (χ4n) is 4.22. The van der Waals surface area contributed by atoms with Gasteiger partial charge in [-0.15, -0.1) is 0 Å². The SMILES string of the molecule is CN(Cc1cccc(CN)c1)C(=O)CC1CC2CCC1C2. The van der Waals surface area contributed by atoms with Crippen LogP contribution >= 0.6 is 0 Å². The number of fused-ring (bicyclic) bond motifs is 2. The average molecular weight is 286 g/mol. The predicted molar refractivity (Wildman–Crippen MR) is 84.4 cm³/mol. The van der Waals surface area contributed by atoms with Crippen LogP contribution in [0.2, 0.25) is 0 Å². The van der Waals surface area contributed by atoms with E-state index in [4.69, 9.17) is 5.73 Å². The number of hydrogen-bond donors (Lipinski definition) is 1. The molecule has 2 bridgehead atoms. The number of rotatable bonds is 5. The zero-order valence-corrected chi connectivity index (χ0v) is 12.9. The highest BCUT2D eigenvalue weighted by Gasteiger charge is 2.40. The van der Waals surface area contributed by atoms with E-state index < -0.39 is 0 Å². The minimum atomic E-state index is 0.297. The molecular weight excluding hydrogens is 260 g/mol. The highest BCUT2D eigenvalue weighted by atomic mass is 16.2. The summed E-state index contributed by atoms with van der Waals surface area (Å²) in [5.74, 6) is 2.69. The first-order valence-electron chi connectivity index (χ1n) is 8.17. The Morgan fingerprint density at radius 3 is 2.76 bits per heavy atom. The lowest BCUT2D eigenvalue weighted by Crippen LogP contribution is -2.29. The van der Waals surface area contributed by atoms with Crippen molar-refractivity contribution in [3.8, 4) is 0 Å². The van der Waals surface area contributed by atoms with Crippen molar-refractivity contribution >= 4 is 5.91 Å². The number of nitrogens with zero attached hydrogens (tertiary/aromatic N) is 1. The Labute approximate surface area is 127 Å². The van der Waals surface area contributed by atoms with Crippen molar-refractivity contribution in [2.75, 3.05) is 7.05 Å². The Balaban J connectivity index is 1.54. The molecule has 1 aromatic carbocycles. The van der Waals surface area contributed by atoms with Gasteiger partial charge in [-0.3, -0.25) is 4.79 Å². The van der Waals surface area contributed by atoms with E-state index in [2.05, 4.69) is 12.1 Å². The van der Waals surface area contributed by atoms with Crippen LogP contribution in [0.3, 0.4) is 0 Å². The monoisotopic (exact) mass is 286 g/mol. The van der Waals surface area contributed by atoms with Gasteiger partial charge in [0.05, 0.1) is 0 Å². The number of benzene rings is 1. The lowest BCUT2D eigenvalue weighted by molar-refractivity contribution is -0.131. The lowest BCUT2D eigenvalue weighted by atomic mass is 9.86. The van der Waals surface area contributed by atoms with E-state index in [1.807, 2.05) is 24.1 Å². The van der Waals surface area contributed by atoms with Crippen LogP contribution < -0.4 is 5.73 Å². The Morgan fingerprint density at radius 1 is 1.29 bits per heavy atom. The molecule has 0 aliphatic heterocycles. The fourth-order valence-corrected chi connectivity index (χ4v) is 4.22. The summed E-state index contributed by atoms with van der Waals surface area (Å²) in [6, 6.07) is 8.22. The van der Waals surface area contributed by atoms with Gasteiger partial charge in [0.1, 0.15) is 0 Å². The predicted octanol–water partition coefficient (Wildman–Crippen LogP) is 2.93. The normalized spacial score (nSPS) is 27.0. The van der Waals surface area contributed by atoms with E-state index in [1.54, 1.807) is 0 Å². The minimum Gasteiger partial charge on any atom is -0.341 e. The Morgan fingerprint density at radius 2 is 2.10 bits per heavy atom. The maximum Gasteiger partial charge on any atom is 0.222 e. The number of carbonyl (C=O) groups excluding carboxylic acids is 1. The summed E-state index contributed by atoms with van der Waals surface area (Å²) in [5, 5.41) is 0. The first kappa shape index (κ1) is 14.6. The summed E-state index contributed by atoms with van der Waals surface area (Å²) < 4.78 is 0. The van der Waals surface area contributed by atoms with Crippen LogP contribution in [0.4, 0.5) is 0 Å². The van der Waals surface area contributed by atoms with Crippen LogP contribution in [-0.4, -0.2) is 17.9 Å². The van der Waals surface area contributed by atoms with E-state index in [9.17, 15) is 4.79 Å². The summed E-state index contributed by atoms with van der Waals surface area (Å²) in [6.45, 7) is 1.24. The Hall–Kier alpha value is -1.35. The number of carbonyl (C=O) groups is 1. The van der Waals surface area contributed by atoms with Crippen molar-refractivity contribution in [3.63, 3.8) is 0 Å². The molecule has 3 heteroatoms. The van der Waals surface area contributed by atoms with Crippen LogP contribution in [0, 0.1) is 17.8 Å². The van der Waals surface area contributed by atoms with E-state index >= 15 is 0 Å². The van der Waals surface area contributed by atoms with Crippen LogP contribution in [0.15, 0.2) is 24.3 Å². The average Bonchev–Trinajstić information content (AvgIpc) is 3.10. The maximum absolute atomic E-state index is 12.4. The molecule has 0 heterocycles. The van der Waals surface area contributed by atoms with E-state index in [-0.39, 0.29) is 0 Å². The van der Waals surface area contributed by atoms with Crippen molar-refractivity contribution in [2.45, 2.75) is 45.2 Å². The molecule has 0 radical (unpaired) electrons. The third-order valence-corrected chi connectivity index (χ3v) is 5.39. The van der Waals surface area contributed by atoms with Gasteiger partial charge in [-0.2, -0.15) is 0 Å². The summed E-state index contributed by atoms with van der Waals surface area (Å²) in [7, 11) is 1.92. The quantitative estimate of drug-likeness (QED) is 0.904. The standard InChI is InChI=1S/C18H26N2O/c1-20(12-15-4-2-3-14(7-15)11-19)18(21)10-17-9-13-5-6-16(17)8-13/h2-4,7,13,16-17H,5-6,8-12,19H2,1H3. The number of hydrogen-bond acceptors (Lipinski definition) is 2. The highest BCUT2D eigenvalue weighted by Crippen LogP contribution is 2.49. The highest BCUT2D eigenvalue weighted by molar-refractivity contribution is 5.76. The number of nitrogens with two attached hydrogens (primary N) is 1. The molecule has 1 amide bonds. The second-order valence-corrected chi connectivity index (χ2v) is 6.91. The first-order chi connectivity index (χ1) is 10.2. The van der Waals surface area contributed by atoms with Gasteiger partial charge in [-0.05, 0) is 48.1 Å². The van der Waals surface area contributed by atoms with Gasteiger partial charge >= 0.3 is 0 Å². The molecule has 0 saturated heterocycles. The fraction of sp³-hybridized carbons (Fsp3) is 0.611.